The van der Waals surface area contributed by atoms with Crippen molar-refractivity contribution in [2.24, 2.45) is 5.92 Å². The monoisotopic (exact) mass is 224 g/mol. The van der Waals surface area contributed by atoms with Gasteiger partial charge in [-0.15, -0.1) is 0 Å². The normalized spacial score (nSPS) is 37.3. The molecule has 2 heteroatoms. The Morgan fingerprint density at radius 3 is 2.50 bits per heavy atom. The fraction of sp³-hybridized carbons (Fsp3) is 1.00. The SMILES string of the molecule is CC1CCCC(N(C)C2CCCNC2)CC1. The van der Waals surface area contributed by atoms with Crippen molar-refractivity contribution in [1.29, 1.82) is 0 Å². The molecule has 2 rings (SSSR count). The van der Waals surface area contributed by atoms with Crippen LogP contribution >= 0.6 is 0 Å². The average Bonchev–Trinajstić information content (AvgIpc) is 2.54. The summed E-state index contributed by atoms with van der Waals surface area (Å²) in [6.07, 6.45) is 9.94. The molecule has 3 atom stereocenters. The largest absolute Gasteiger partial charge is 0.315 e. The van der Waals surface area contributed by atoms with Gasteiger partial charge in [-0.2, -0.15) is 0 Å². The van der Waals surface area contributed by atoms with Crippen LogP contribution in [-0.4, -0.2) is 37.1 Å². The highest BCUT2D eigenvalue weighted by atomic mass is 15.2. The maximum atomic E-state index is 3.54. The highest BCUT2D eigenvalue weighted by molar-refractivity contribution is 4.83. The Morgan fingerprint density at radius 2 is 1.75 bits per heavy atom. The molecule has 0 bridgehead atoms. The van der Waals surface area contributed by atoms with E-state index in [1.165, 1.54) is 58.0 Å². The number of nitrogens with zero attached hydrogens (tertiary/aromatic N) is 1. The minimum Gasteiger partial charge on any atom is -0.315 e. The van der Waals surface area contributed by atoms with Crippen LogP contribution in [0.15, 0.2) is 0 Å². The molecular formula is C14H28N2. The zero-order chi connectivity index (χ0) is 11.4. The van der Waals surface area contributed by atoms with Crippen molar-refractivity contribution >= 4 is 0 Å². The lowest BCUT2D eigenvalue weighted by molar-refractivity contribution is 0.133. The van der Waals surface area contributed by atoms with E-state index >= 15 is 0 Å². The Morgan fingerprint density at radius 1 is 0.938 bits per heavy atom. The van der Waals surface area contributed by atoms with Gasteiger partial charge in [0, 0.05) is 18.6 Å². The standard InChI is InChI=1S/C14H28N2/c1-12-5-3-6-13(9-8-12)16(2)14-7-4-10-15-11-14/h12-15H,3-11H2,1-2H3. The third kappa shape index (κ3) is 3.21. The van der Waals surface area contributed by atoms with Crippen LogP contribution < -0.4 is 5.32 Å². The van der Waals surface area contributed by atoms with Crippen LogP contribution in [0.5, 0.6) is 0 Å². The minimum atomic E-state index is 0.798. The van der Waals surface area contributed by atoms with Crippen LogP contribution in [0.1, 0.15) is 51.9 Å². The molecule has 1 aliphatic heterocycles. The van der Waals surface area contributed by atoms with Crippen molar-refractivity contribution in [3.8, 4) is 0 Å². The molecule has 0 aromatic heterocycles. The van der Waals surface area contributed by atoms with Gasteiger partial charge in [-0.1, -0.05) is 19.8 Å². The average molecular weight is 224 g/mol. The highest BCUT2D eigenvalue weighted by Gasteiger charge is 2.25. The molecule has 2 fully saturated rings. The maximum Gasteiger partial charge on any atom is 0.0220 e. The van der Waals surface area contributed by atoms with Crippen LogP contribution in [-0.2, 0) is 0 Å². The number of nitrogens with one attached hydrogen (secondary N) is 1. The van der Waals surface area contributed by atoms with Crippen LogP contribution in [0.25, 0.3) is 0 Å². The summed E-state index contributed by atoms with van der Waals surface area (Å²) in [4.78, 5) is 2.68. The van der Waals surface area contributed by atoms with E-state index in [1.807, 2.05) is 0 Å². The Hall–Kier alpha value is -0.0800. The van der Waals surface area contributed by atoms with Gasteiger partial charge in [0.1, 0.15) is 0 Å². The number of hydrogen-bond donors (Lipinski definition) is 1. The van der Waals surface area contributed by atoms with Gasteiger partial charge in [0.2, 0.25) is 0 Å². The molecule has 94 valence electrons. The molecule has 0 radical (unpaired) electrons. The van der Waals surface area contributed by atoms with Crippen molar-refractivity contribution in [2.75, 3.05) is 20.1 Å². The van der Waals surface area contributed by atoms with Crippen molar-refractivity contribution < 1.29 is 0 Å². The van der Waals surface area contributed by atoms with Gasteiger partial charge in [-0.3, -0.25) is 4.90 Å². The maximum absolute atomic E-state index is 3.54. The number of hydrogen-bond acceptors (Lipinski definition) is 2. The molecule has 2 aliphatic rings. The zero-order valence-electron chi connectivity index (χ0n) is 11.0. The predicted octanol–water partition coefficient (Wildman–Crippen LogP) is 2.64. The summed E-state index contributed by atoms with van der Waals surface area (Å²) < 4.78 is 0. The Labute approximate surface area is 101 Å². The fourth-order valence-electron chi connectivity index (χ4n) is 3.35. The molecule has 0 aromatic carbocycles. The summed E-state index contributed by atoms with van der Waals surface area (Å²) >= 11 is 0. The van der Waals surface area contributed by atoms with Crippen molar-refractivity contribution in [2.45, 2.75) is 64.0 Å². The topological polar surface area (TPSA) is 15.3 Å². The van der Waals surface area contributed by atoms with Gasteiger partial charge in [-0.25, -0.2) is 0 Å². The van der Waals surface area contributed by atoms with E-state index in [0.717, 1.165) is 18.0 Å². The number of piperidine rings is 1. The van der Waals surface area contributed by atoms with Gasteiger partial charge < -0.3 is 5.32 Å². The van der Waals surface area contributed by atoms with E-state index in [2.05, 4.69) is 24.2 Å². The first-order valence-electron chi connectivity index (χ1n) is 7.20. The summed E-state index contributed by atoms with van der Waals surface area (Å²) in [5.41, 5.74) is 0. The number of rotatable bonds is 2. The molecule has 1 heterocycles. The number of likely N-dealkylation sites (N-methyl/N-ethyl adjacent to an activating group) is 1. The Balaban J connectivity index is 1.84. The van der Waals surface area contributed by atoms with Gasteiger partial charge in [0.05, 0.1) is 0 Å². The van der Waals surface area contributed by atoms with Gasteiger partial charge in [-0.05, 0) is 51.6 Å². The Bertz CT molecular complexity index is 199. The second kappa shape index (κ2) is 6.02. The predicted molar refractivity (Wildman–Crippen MR) is 69.7 cm³/mol. The van der Waals surface area contributed by atoms with E-state index in [9.17, 15) is 0 Å². The van der Waals surface area contributed by atoms with E-state index in [1.54, 1.807) is 0 Å². The molecule has 16 heavy (non-hydrogen) atoms. The summed E-state index contributed by atoms with van der Waals surface area (Å²) in [5, 5.41) is 3.54. The van der Waals surface area contributed by atoms with Crippen LogP contribution in [0, 0.1) is 5.92 Å². The van der Waals surface area contributed by atoms with E-state index < -0.39 is 0 Å². The van der Waals surface area contributed by atoms with Crippen LogP contribution in [0.2, 0.25) is 0 Å². The molecule has 0 spiro atoms. The van der Waals surface area contributed by atoms with E-state index in [0.29, 0.717) is 0 Å². The summed E-state index contributed by atoms with van der Waals surface area (Å²) in [5.74, 6) is 0.961. The van der Waals surface area contributed by atoms with Crippen LogP contribution in [0.3, 0.4) is 0 Å². The lowest BCUT2D eigenvalue weighted by Gasteiger charge is -2.37. The highest BCUT2D eigenvalue weighted by Crippen LogP contribution is 2.27. The van der Waals surface area contributed by atoms with Gasteiger partial charge >= 0.3 is 0 Å². The third-order valence-electron chi connectivity index (χ3n) is 4.65. The second-order valence-corrected chi connectivity index (χ2v) is 5.93. The van der Waals surface area contributed by atoms with E-state index in [4.69, 9.17) is 0 Å². The van der Waals surface area contributed by atoms with Crippen LogP contribution in [0.4, 0.5) is 0 Å². The summed E-state index contributed by atoms with van der Waals surface area (Å²) in [6, 6.07) is 1.65. The first kappa shape index (κ1) is 12.4. The summed E-state index contributed by atoms with van der Waals surface area (Å²) in [7, 11) is 2.36. The molecule has 1 saturated heterocycles. The molecular weight excluding hydrogens is 196 g/mol. The fourth-order valence-corrected chi connectivity index (χ4v) is 3.35. The van der Waals surface area contributed by atoms with Crippen molar-refractivity contribution in [3.63, 3.8) is 0 Å². The minimum absolute atomic E-state index is 0.798. The molecule has 1 N–H and O–H groups in total. The van der Waals surface area contributed by atoms with Crippen molar-refractivity contribution in [1.82, 2.24) is 10.2 Å². The van der Waals surface area contributed by atoms with Gasteiger partial charge in [0.15, 0.2) is 0 Å². The second-order valence-electron chi connectivity index (χ2n) is 5.93. The van der Waals surface area contributed by atoms with Gasteiger partial charge in [0.25, 0.3) is 0 Å². The lowest BCUT2D eigenvalue weighted by atomic mass is 10.00. The molecule has 2 nitrogen and oxygen atoms in total. The molecule has 1 saturated carbocycles. The smallest absolute Gasteiger partial charge is 0.0220 e. The summed E-state index contributed by atoms with van der Waals surface area (Å²) in [6.45, 7) is 4.86. The third-order valence-corrected chi connectivity index (χ3v) is 4.65. The van der Waals surface area contributed by atoms with E-state index in [-0.39, 0.29) is 0 Å². The quantitative estimate of drug-likeness (QED) is 0.725. The molecule has 0 amide bonds. The zero-order valence-corrected chi connectivity index (χ0v) is 11.0. The lowest BCUT2D eigenvalue weighted by Crippen LogP contribution is -2.48. The first-order chi connectivity index (χ1) is 7.77. The molecule has 1 aliphatic carbocycles. The molecule has 3 unspecified atom stereocenters. The Kier molecular flexibility index (Phi) is 4.66. The molecule has 0 aromatic rings. The first-order valence-corrected chi connectivity index (χ1v) is 7.20. The van der Waals surface area contributed by atoms with Crippen molar-refractivity contribution in [3.05, 3.63) is 0 Å².